The molecule has 0 saturated heterocycles. The van der Waals surface area contributed by atoms with E-state index in [0.29, 0.717) is 10.7 Å². The van der Waals surface area contributed by atoms with E-state index in [-0.39, 0.29) is 36.7 Å². The van der Waals surface area contributed by atoms with Crippen molar-refractivity contribution in [3.63, 3.8) is 0 Å². The van der Waals surface area contributed by atoms with Crippen LogP contribution >= 0.6 is 11.6 Å². The fourth-order valence-electron chi connectivity index (χ4n) is 2.51. The summed E-state index contributed by atoms with van der Waals surface area (Å²) in [5, 5.41) is 4.65. The minimum absolute atomic E-state index is 0.00759. The summed E-state index contributed by atoms with van der Waals surface area (Å²) < 4.78 is 0. The number of carbonyl (C=O) groups is 2. The lowest BCUT2D eigenvalue weighted by Gasteiger charge is -2.30. The maximum absolute atomic E-state index is 12.3. The Balaban J connectivity index is 2.55. The van der Waals surface area contributed by atoms with Crippen molar-refractivity contribution in [2.24, 2.45) is 5.10 Å². The van der Waals surface area contributed by atoms with Gasteiger partial charge >= 0.3 is 0 Å². The number of nitrogens with one attached hydrogen (secondary N) is 1. The Kier molecular flexibility index (Phi) is 7.92. The molecule has 2 amide bonds. The minimum atomic E-state index is -0.228. The molecule has 5 nitrogen and oxygen atoms in total. The highest BCUT2D eigenvalue weighted by Crippen LogP contribution is 2.10. The first-order chi connectivity index (χ1) is 11.2. The first-order valence-corrected chi connectivity index (χ1v) is 8.46. The van der Waals surface area contributed by atoms with Crippen molar-refractivity contribution < 1.29 is 9.59 Å². The summed E-state index contributed by atoms with van der Waals surface area (Å²) in [5.41, 5.74) is 3.93. The maximum atomic E-state index is 12.3. The maximum Gasteiger partial charge on any atom is 0.244 e. The molecule has 0 atom stereocenters. The van der Waals surface area contributed by atoms with E-state index in [1.54, 1.807) is 31.2 Å². The summed E-state index contributed by atoms with van der Waals surface area (Å²) in [7, 11) is 0. The van der Waals surface area contributed by atoms with Crippen LogP contribution in [0.1, 0.15) is 46.6 Å². The summed E-state index contributed by atoms with van der Waals surface area (Å²) in [6, 6.07) is 7.33. The zero-order valence-electron chi connectivity index (χ0n) is 15.0. The van der Waals surface area contributed by atoms with Crippen LogP contribution in [0.3, 0.4) is 0 Å². The third-order valence-corrected chi connectivity index (χ3v) is 3.71. The van der Waals surface area contributed by atoms with Crippen molar-refractivity contribution in [1.29, 1.82) is 0 Å². The van der Waals surface area contributed by atoms with Gasteiger partial charge in [0.2, 0.25) is 11.8 Å². The van der Waals surface area contributed by atoms with Crippen LogP contribution in [-0.2, 0) is 16.0 Å². The summed E-state index contributed by atoms with van der Waals surface area (Å²) in [6.07, 6.45) is 0.406. The van der Waals surface area contributed by atoms with Crippen LogP contribution in [-0.4, -0.2) is 34.5 Å². The number of nitrogens with zero attached hydrogens (tertiary/aromatic N) is 2. The number of benzene rings is 1. The molecular weight excluding hydrogens is 326 g/mol. The normalized spacial score (nSPS) is 11.8. The lowest BCUT2D eigenvalue weighted by molar-refractivity contribution is -0.133. The van der Waals surface area contributed by atoms with Gasteiger partial charge in [-0.25, -0.2) is 5.43 Å². The molecule has 0 aliphatic heterocycles. The second-order valence-electron chi connectivity index (χ2n) is 6.35. The Morgan fingerprint density at radius 1 is 1.12 bits per heavy atom. The number of hydrogen-bond donors (Lipinski definition) is 1. The average molecular weight is 352 g/mol. The summed E-state index contributed by atoms with van der Waals surface area (Å²) in [5.74, 6) is -0.220. The largest absolute Gasteiger partial charge is 0.338 e. The Labute approximate surface area is 149 Å². The van der Waals surface area contributed by atoms with Gasteiger partial charge < -0.3 is 4.90 Å². The number of carbonyl (C=O) groups excluding carboxylic acids is 2. The fourth-order valence-corrected chi connectivity index (χ4v) is 2.63. The average Bonchev–Trinajstić information content (AvgIpc) is 2.46. The molecule has 0 unspecified atom stereocenters. The van der Waals surface area contributed by atoms with Gasteiger partial charge in [0.1, 0.15) is 0 Å². The molecule has 0 heterocycles. The number of amides is 2. The molecule has 0 spiro atoms. The van der Waals surface area contributed by atoms with Gasteiger partial charge in [-0.3, -0.25) is 9.59 Å². The van der Waals surface area contributed by atoms with E-state index in [0.717, 1.165) is 5.56 Å². The van der Waals surface area contributed by atoms with Crippen molar-refractivity contribution in [2.75, 3.05) is 0 Å². The Hall–Kier alpha value is -1.88. The van der Waals surface area contributed by atoms with E-state index in [2.05, 4.69) is 10.5 Å². The van der Waals surface area contributed by atoms with Crippen molar-refractivity contribution in [3.8, 4) is 0 Å². The molecule has 132 valence electrons. The zero-order chi connectivity index (χ0) is 18.3. The van der Waals surface area contributed by atoms with Gasteiger partial charge in [-0.15, -0.1) is 0 Å². The molecule has 1 aromatic rings. The molecular formula is C18H26ClN3O2. The molecule has 0 aromatic heterocycles. The standard InChI is InChI=1S/C18H26ClN3O2/c1-12(2)22(13(3)4)18(24)10-14(5)20-21-17(23)11-15-6-8-16(19)9-7-15/h6-9,12-13H,10-11H2,1-5H3,(H,21,23)/b20-14+. The fraction of sp³-hybridized carbons (Fsp3) is 0.500. The minimum Gasteiger partial charge on any atom is -0.338 e. The van der Waals surface area contributed by atoms with Crippen LogP contribution in [0.25, 0.3) is 0 Å². The van der Waals surface area contributed by atoms with Gasteiger partial charge in [0.25, 0.3) is 0 Å². The molecule has 6 heteroatoms. The molecule has 0 fully saturated rings. The molecule has 0 aliphatic carbocycles. The predicted octanol–water partition coefficient (Wildman–Crippen LogP) is 3.41. The van der Waals surface area contributed by atoms with Crippen LogP contribution in [0.15, 0.2) is 29.4 Å². The summed E-state index contributed by atoms with van der Waals surface area (Å²) in [6.45, 7) is 9.67. The van der Waals surface area contributed by atoms with Crippen LogP contribution in [0, 0.1) is 0 Å². The van der Waals surface area contributed by atoms with Gasteiger partial charge in [-0.2, -0.15) is 5.10 Å². The highest BCUT2D eigenvalue weighted by atomic mass is 35.5. The zero-order valence-corrected chi connectivity index (χ0v) is 15.7. The van der Waals surface area contributed by atoms with Crippen LogP contribution in [0.5, 0.6) is 0 Å². The molecule has 0 bridgehead atoms. The van der Waals surface area contributed by atoms with Gasteiger partial charge in [-0.05, 0) is 52.3 Å². The first-order valence-electron chi connectivity index (χ1n) is 8.08. The monoisotopic (exact) mass is 351 g/mol. The second kappa shape index (κ2) is 9.42. The Morgan fingerprint density at radius 3 is 2.17 bits per heavy atom. The quantitative estimate of drug-likeness (QED) is 0.604. The number of hydrazone groups is 1. The lowest BCUT2D eigenvalue weighted by atomic mass is 10.1. The number of hydrogen-bond acceptors (Lipinski definition) is 3. The van der Waals surface area contributed by atoms with E-state index in [1.807, 2.05) is 32.6 Å². The molecule has 1 rings (SSSR count). The predicted molar refractivity (Wildman–Crippen MR) is 98.1 cm³/mol. The van der Waals surface area contributed by atoms with Gasteiger partial charge in [-0.1, -0.05) is 23.7 Å². The highest BCUT2D eigenvalue weighted by Gasteiger charge is 2.20. The van der Waals surface area contributed by atoms with E-state index in [9.17, 15) is 9.59 Å². The summed E-state index contributed by atoms with van der Waals surface area (Å²) >= 11 is 5.81. The molecule has 0 aliphatic rings. The third-order valence-electron chi connectivity index (χ3n) is 3.46. The van der Waals surface area contributed by atoms with E-state index in [4.69, 9.17) is 11.6 Å². The molecule has 0 saturated carbocycles. The molecule has 1 N–H and O–H groups in total. The molecule has 0 radical (unpaired) electrons. The summed E-state index contributed by atoms with van der Waals surface area (Å²) in [4.78, 5) is 26.0. The first kappa shape index (κ1) is 20.2. The van der Waals surface area contributed by atoms with Gasteiger partial charge in [0, 0.05) is 22.8 Å². The Morgan fingerprint density at radius 2 is 1.67 bits per heavy atom. The van der Waals surface area contributed by atoms with Crippen molar-refractivity contribution in [3.05, 3.63) is 34.9 Å². The topological polar surface area (TPSA) is 61.8 Å². The second-order valence-corrected chi connectivity index (χ2v) is 6.79. The number of halogens is 1. The third kappa shape index (κ3) is 6.71. The van der Waals surface area contributed by atoms with Crippen LogP contribution in [0.2, 0.25) is 5.02 Å². The SMILES string of the molecule is C/C(CC(=O)N(C(C)C)C(C)C)=N\NC(=O)Cc1ccc(Cl)cc1. The van der Waals surface area contributed by atoms with E-state index in [1.165, 1.54) is 0 Å². The van der Waals surface area contributed by atoms with Crippen molar-refractivity contribution in [1.82, 2.24) is 10.3 Å². The lowest BCUT2D eigenvalue weighted by Crippen LogP contribution is -2.42. The smallest absolute Gasteiger partial charge is 0.244 e. The van der Waals surface area contributed by atoms with E-state index < -0.39 is 0 Å². The molecule has 24 heavy (non-hydrogen) atoms. The highest BCUT2D eigenvalue weighted by molar-refractivity contribution is 6.30. The van der Waals surface area contributed by atoms with Crippen molar-refractivity contribution >= 4 is 29.1 Å². The van der Waals surface area contributed by atoms with Gasteiger partial charge in [0.15, 0.2) is 0 Å². The van der Waals surface area contributed by atoms with Gasteiger partial charge in [0.05, 0.1) is 12.8 Å². The van der Waals surface area contributed by atoms with Crippen LogP contribution in [0.4, 0.5) is 0 Å². The van der Waals surface area contributed by atoms with E-state index >= 15 is 0 Å². The number of rotatable bonds is 7. The molecule has 1 aromatic carbocycles. The van der Waals surface area contributed by atoms with Crippen LogP contribution < -0.4 is 5.43 Å². The van der Waals surface area contributed by atoms with Crippen molar-refractivity contribution in [2.45, 2.75) is 59.5 Å². The Bertz CT molecular complexity index is 587.